The number of pyridine rings is 1. The van der Waals surface area contributed by atoms with Gasteiger partial charge in [-0.05, 0) is 62.8 Å². The summed E-state index contributed by atoms with van der Waals surface area (Å²) >= 11 is 0. The Morgan fingerprint density at radius 1 is 1.09 bits per heavy atom. The second kappa shape index (κ2) is 9.69. The maximum atomic E-state index is 13.3. The van der Waals surface area contributed by atoms with Crippen LogP contribution in [0.1, 0.15) is 43.3 Å². The Bertz CT molecular complexity index is 1240. The number of carbonyl (C=O) groups excluding carboxylic acids is 2. The molecule has 1 aliphatic heterocycles. The van der Waals surface area contributed by atoms with Crippen LogP contribution in [-0.4, -0.2) is 67.3 Å². The molecule has 178 valence electrons. The number of benzene rings is 1. The summed E-state index contributed by atoms with van der Waals surface area (Å²) in [6, 6.07) is 11.1. The van der Waals surface area contributed by atoms with E-state index in [0.29, 0.717) is 35.6 Å². The van der Waals surface area contributed by atoms with Gasteiger partial charge in [0, 0.05) is 12.7 Å². The summed E-state index contributed by atoms with van der Waals surface area (Å²) in [5, 5.41) is 21.2. The van der Waals surface area contributed by atoms with E-state index in [2.05, 4.69) is 23.7 Å². The number of likely N-dealkylation sites (tertiary alicyclic amines) is 1. The highest BCUT2D eigenvalue weighted by atomic mass is 16.3. The first kappa shape index (κ1) is 23.5. The number of phenols is 1. The van der Waals surface area contributed by atoms with Crippen molar-refractivity contribution in [2.75, 3.05) is 26.2 Å². The van der Waals surface area contributed by atoms with E-state index in [1.54, 1.807) is 29.7 Å². The highest BCUT2D eigenvalue weighted by molar-refractivity contribution is 6.46. The zero-order valence-electron chi connectivity index (χ0n) is 19.7. The number of phenolic OH excluding ortho intramolecular Hbond substituents is 1. The number of aliphatic hydroxyl groups excluding tert-OH is 1. The summed E-state index contributed by atoms with van der Waals surface area (Å²) in [4.78, 5) is 34.7. The Morgan fingerprint density at radius 2 is 1.79 bits per heavy atom. The van der Waals surface area contributed by atoms with E-state index in [9.17, 15) is 19.8 Å². The van der Waals surface area contributed by atoms with Crippen LogP contribution in [0.25, 0.3) is 11.4 Å². The van der Waals surface area contributed by atoms with Gasteiger partial charge in [0.1, 0.15) is 17.1 Å². The first-order valence-electron chi connectivity index (χ1n) is 11.6. The van der Waals surface area contributed by atoms with Gasteiger partial charge < -0.3 is 20.0 Å². The van der Waals surface area contributed by atoms with Crippen molar-refractivity contribution >= 4 is 23.1 Å². The summed E-state index contributed by atoms with van der Waals surface area (Å²) < 4.78 is 1.71. The zero-order valence-corrected chi connectivity index (χ0v) is 19.7. The van der Waals surface area contributed by atoms with Crippen molar-refractivity contribution in [3.63, 3.8) is 0 Å². The van der Waals surface area contributed by atoms with Crippen molar-refractivity contribution in [1.82, 2.24) is 19.2 Å². The van der Waals surface area contributed by atoms with E-state index in [0.717, 1.165) is 19.6 Å². The third-order valence-electron chi connectivity index (χ3n) is 6.45. The number of aromatic nitrogens is 2. The molecule has 1 amide bonds. The molecule has 0 bridgehead atoms. The number of amides is 1. The van der Waals surface area contributed by atoms with Gasteiger partial charge in [-0.25, -0.2) is 4.98 Å². The van der Waals surface area contributed by atoms with Crippen molar-refractivity contribution in [3.8, 4) is 5.75 Å². The molecule has 1 fully saturated rings. The number of ketones is 1. The number of fused-ring (bicyclic) bond motifs is 1. The van der Waals surface area contributed by atoms with Crippen LogP contribution >= 0.6 is 0 Å². The number of imidazole rings is 1. The predicted octanol–water partition coefficient (Wildman–Crippen LogP) is 3.50. The molecule has 2 aromatic heterocycles. The molecule has 1 aromatic carbocycles. The zero-order chi connectivity index (χ0) is 24.4. The van der Waals surface area contributed by atoms with E-state index >= 15 is 0 Å². The molecule has 1 atom stereocenters. The molecule has 34 heavy (non-hydrogen) atoms. The largest absolute Gasteiger partial charge is 0.508 e. The van der Waals surface area contributed by atoms with Gasteiger partial charge in [-0.15, -0.1) is 0 Å². The molecule has 8 nitrogen and oxygen atoms in total. The fourth-order valence-electron chi connectivity index (χ4n) is 4.64. The number of nitrogens with zero attached hydrogens (tertiary/aromatic N) is 4. The third-order valence-corrected chi connectivity index (χ3v) is 6.45. The third kappa shape index (κ3) is 4.17. The van der Waals surface area contributed by atoms with Gasteiger partial charge in [0.25, 0.3) is 11.7 Å². The van der Waals surface area contributed by atoms with Crippen molar-refractivity contribution in [3.05, 3.63) is 71.2 Å². The second-order valence-electron chi connectivity index (χ2n) is 8.44. The number of aliphatic hydroxyl groups is 1. The fraction of sp³-hybridized carbons (Fsp3) is 0.346. The minimum absolute atomic E-state index is 0.0345. The monoisotopic (exact) mass is 462 g/mol. The summed E-state index contributed by atoms with van der Waals surface area (Å²) in [6.45, 7) is 8.92. The van der Waals surface area contributed by atoms with E-state index in [4.69, 9.17) is 0 Å². The number of Topliss-reactive ketones (excluding diaryl/α,β-unsaturated/α-hetero) is 1. The lowest BCUT2D eigenvalue weighted by molar-refractivity contribution is -0.140. The first-order chi connectivity index (χ1) is 16.4. The second-order valence-corrected chi connectivity index (χ2v) is 8.44. The molecule has 2 N–H and O–H groups in total. The summed E-state index contributed by atoms with van der Waals surface area (Å²) in [5.74, 6) is -1.52. The normalized spacial score (nSPS) is 17.9. The smallest absolute Gasteiger partial charge is 0.295 e. The van der Waals surface area contributed by atoms with Crippen molar-refractivity contribution in [1.29, 1.82) is 0 Å². The van der Waals surface area contributed by atoms with Gasteiger partial charge in [-0.2, -0.15) is 0 Å². The highest BCUT2D eigenvalue weighted by Crippen LogP contribution is 2.40. The van der Waals surface area contributed by atoms with Crippen LogP contribution in [-0.2, 0) is 9.59 Å². The average Bonchev–Trinajstić information content (AvgIpc) is 3.30. The lowest BCUT2D eigenvalue weighted by atomic mass is 9.96. The minimum Gasteiger partial charge on any atom is -0.508 e. The van der Waals surface area contributed by atoms with Gasteiger partial charge in [0.2, 0.25) is 0 Å². The molecule has 1 unspecified atom stereocenters. The summed E-state index contributed by atoms with van der Waals surface area (Å²) in [6.07, 6.45) is 2.46. The quantitative estimate of drug-likeness (QED) is 0.302. The first-order valence-corrected chi connectivity index (χ1v) is 11.6. The van der Waals surface area contributed by atoms with E-state index in [1.165, 1.54) is 17.0 Å². The maximum absolute atomic E-state index is 13.3. The SMILES string of the molecule is CCN(CC)CCCN1C(=O)C(=O)/C(=C(/O)c2c(C)nc3ccccn23)C1c1ccc(O)cc1. The van der Waals surface area contributed by atoms with Crippen LogP contribution < -0.4 is 0 Å². The number of aromatic hydroxyl groups is 1. The van der Waals surface area contributed by atoms with Crippen LogP contribution in [0.4, 0.5) is 0 Å². The van der Waals surface area contributed by atoms with Crippen molar-refractivity contribution in [2.45, 2.75) is 33.2 Å². The molecule has 0 saturated carbocycles. The maximum Gasteiger partial charge on any atom is 0.295 e. The summed E-state index contributed by atoms with van der Waals surface area (Å²) in [5.41, 5.74) is 2.26. The predicted molar refractivity (Wildman–Crippen MR) is 129 cm³/mol. The van der Waals surface area contributed by atoms with Gasteiger partial charge in [0.05, 0.1) is 17.3 Å². The fourth-order valence-corrected chi connectivity index (χ4v) is 4.64. The highest BCUT2D eigenvalue weighted by Gasteiger charge is 2.46. The van der Waals surface area contributed by atoms with Crippen LogP contribution in [0.3, 0.4) is 0 Å². The number of hydrogen-bond acceptors (Lipinski definition) is 6. The van der Waals surface area contributed by atoms with E-state index in [1.807, 2.05) is 18.2 Å². The summed E-state index contributed by atoms with van der Waals surface area (Å²) in [7, 11) is 0. The topological polar surface area (TPSA) is 98.4 Å². The molecule has 3 heterocycles. The Hall–Kier alpha value is -3.65. The van der Waals surface area contributed by atoms with Crippen LogP contribution in [0.5, 0.6) is 5.75 Å². The average molecular weight is 463 g/mol. The lowest BCUT2D eigenvalue weighted by Crippen LogP contribution is -2.33. The van der Waals surface area contributed by atoms with Gasteiger partial charge in [-0.3, -0.25) is 14.0 Å². The standard InChI is InChI=1S/C26H30N4O4/c1-4-28(5-2)14-8-16-30-23(18-10-12-19(31)13-11-18)21(25(33)26(30)34)24(32)22-17(3)27-20-9-6-7-15-29(20)22/h6-7,9-13,15,23,31-32H,4-5,8,14,16H2,1-3H3/b24-21+. The van der Waals surface area contributed by atoms with Crippen molar-refractivity contribution < 1.29 is 19.8 Å². The van der Waals surface area contributed by atoms with E-state index < -0.39 is 17.7 Å². The molecule has 0 aliphatic carbocycles. The molecule has 4 rings (SSSR count). The molecule has 8 heteroatoms. The molecule has 3 aromatic rings. The molecule has 0 radical (unpaired) electrons. The number of aryl methyl sites for hydroxylation is 1. The molecular formula is C26H30N4O4. The lowest BCUT2D eigenvalue weighted by Gasteiger charge is -2.26. The Balaban J connectivity index is 1.81. The molecule has 0 spiro atoms. The van der Waals surface area contributed by atoms with Crippen LogP contribution in [0.15, 0.2) is 54.2 Å². The van der Waals surface area contributed by atoms with Crippen molar-refractivity contribution in [2.24, 2.45) is 0 Å². The molecular weight excluding hydrogens is 432 g/mol. The minimum atomic E-state index is -0.758. The van der Waals surface area contributed by atoms with Gasteiger partial charge in [-0.1, -0.05) is 32.0 Å². The van der Waals surface area contributed by atoms with Crippen LogP contribution in [0.2, 0.25) is 0 Å². The Morgan fingerprint density at radius 3 is 2.47 bits per heavy atom. The van der Waals surface area contributed by atoms with Crippen LogP contribution in [0, 0.1) is 6.92 Å². The molecule has 1 saturated heterocycles. The Labute approximate surface area is 198 Å². The van der Waals surface area contributed by atoms with Gasteiger partial charge in [0.15, 0.2) is 5.76 Å². The van der Waals surface area contributed by atoms with E-state index in [-0.39, 0.29) is 17.1 Å². The van der Waals surface area contributed by atoms with Gasteiger partial charge >= 0.3 is 0 Å². The number of hydrogen-bond donors (Lipinski definition) is 2. The number of carbonyl (C=O) groups is 2. The molecule has 1 aliphatic rings. The number of rotatable bonds is 8. The Kier molecular flexibility index (Phi) is 6.70.